The Kier molecular flexibility index (Phi) is 2.53. The number of nitrogens with zero attached hydrogens (tertiary/aromatic N) is 2. The molecule has 1 aromatic heterocycles. The second-order valence-electron chi connectivity index (χ2n) is 2.65. The van der Waals surface area contributed by atoms with E-state index in [1.807, 2.05) is 0 Å². The maximum atomic E-state index is 12.0. The molecule has 0 N–H and O–H groups in total. The van der Waals surface area contributed by atoms with Crippen molar-refractivity contribution < 1.29 is 21.4 Å². The second-order valence-corrected chi connectivity index (χ2v) is 4.56. The number of sulfone groups is 1. The monoisotopic (exact) mass is 225 g/mol. The Morgan fingerprint density at radius 1 is 1.21 bits per heavy atom. The van der Waals surface area contributed by atoms with E-state index in [-0.39, 0.29) is 0 Å². The molecule has 0 spiro atoms. The van der Waals surface area contributed by atoms with E-state index < -0.39 is 27.4 Å². The van der Waals surface area contributed by atoms with Crippen LogP contribution >= 0.6 is 0 Å². The minimum Gasteiger partial charge on any atom is -0.445 e. The van der Waals surface area contributed by atoms with Gasteiger partial charge in [0, 0.05) is 18.6 Å². The zero-order valence-corrected chi connectivity index (χ0v) is 7.80. The third-order valence-electron chi connectivity index (χ3n) is 1.36. The quantitative estimate of drug-likeness (QED) is 0.522. The van der Waals surface area contributed by atoms with Crippen molar-refractivity contribution in [1.29, 1.82) is 0 Å². The van der Waals surface area contributed by atoms with Crippen LogP contribution in [0.15, 0.2) is 17.6 Å². The molecule has 0 amide bonds. The van der Waals surface area contributed by atoms with Gasteiger partial charge < -0.3 is 12.9 Å². The molecule has 1 heterocycles. The predicted molar refractivity (Wildman–Crippen MR) is 43.9 cm³/mol. The average Bonchev–Trinajstić information content (AvgIpc) is 2.01. The number of aromatic nitrogens is 2. The first kappa shape index (κ1) is 11.0. The normalized spacial score (nSPS) is 12.9. The van der Waals surface area contributed by atoms with Crippen molar-refractivity contribution in [3.05, 3.63) is 12.4 Å². The lowest BCUT2D eigenvalue weighted by Crippen LogP contribution is -2.35. The summed E-state index contributed by atoms with van der Waals surface area (Å²) in [5, 5.41) is -0.610. The lowest BCUT2D eigenvalue weighted by Gasteiger charge is -2.12. The predicted octanol–water partition coefficient (Wildman–Crippen LogP) is -0.0655. The number of halogens is 3. The summed E-state index contributed by atoms with van der Waals surface area (Å²) in [6, 6.07) is 0. The van der Waals surface area contributed by atoms with Gasteiger partial charge in [-0.15, -0.1) is 0 Å². The number of hydrogen-bond acceptors (Lipinski definition) is 4. The highest BCUT2D eigenvalue weighted by molar-refractivity contribution is 7.90. The first-order valence-corrected chi connectivity index (χ1v) is 5.32. The summed E-state index contributed by atoms with van der Waals surface area (Å²) in [5.41, 5.74) is -1.02. The maximum absolute atomic E-state index is 12.0. The van der Waals surface area contributed by atoms with Gasteiger partial charge in [0.25, 0.3) is 0 Å². The zero-order valence-electron chi connectivity index (χ0n) is 6.99. The van der Waals surface area contributed by atoms with Crippen LogP contribution in [-0.4, -0.2) is 31.6 Å². The first-order chi connectivity index (χ1) is 6.21. The van der Waals surface area contributed by atoms with E-state index >= 15 is 0 Å². The van der Waals surface area contributed by atoms with Gasteiger partial charge in [-0.25, -0.2) is 18.4 Å². The lowest BCUT2D eigenvalue weighted by molar-refractivity contribution is 0.499. The van der Waals surface area contributed by atoms with Gasteiger partial charge in [0.15, 0.2) is 0 Å². The van der Waals surface area contributed by atoms with Crippen LogP contribution in [0, 0.1) is 0 Å². The van der Waals surface area contributed by atoms with Gasteiger partial charge in [0.1, 0.15) is 0 Å². The number of hydrogen-bond donors (Lipinski definition) is 0. The van der Waals surface area contributed by atoms with Crippen molar-refractivity contribution in [2.24, 2.45) is 0 Å². The molecule has 78 valence electrons. The van der Waals surface area contributed by atoms with Gasteiger partial charge in [-0.3, -0.25) is 0 Å². The second kappa shape index (κ2) is 3.23. The van der Waals surface area contributed by atoms with E-state index in [2.05, 4.69) is 9.97 Å². The molecule has 0 radical (unpaired) electrons. The average molecular weight is 225 g/mol. The molecule has 4 nitrogen and oxygen atoms in total. The Morgan fingerprint density at radius 2 is 1.64 bits per heavy atom. The molecule has 0 saturated carbocycles. The van der Waals surface area contributed by atoms with Gasteiger partial charge in [-0.05, 0) is 0 Å². The SMILES string of the molecule is CS(=O)(=O)c1ncc([B-](F)(F)F)cn1. The fraction of sp³-hybridized carbons (Fsp3) is 0.200. The molecule has 14 heavy (non-hydrogen) atoms. The van der Waals surface area contributed by atoms with Crippen molar-refractivity contribution in [2.75, 3.05) is 6.26 Å². The highest BCUT2D eigenvalue weighted by Gasteiger charge is 2.26. The van der Waals surface area contributed by atoms with Crippen molar-refractivity contribution in [3.63, 3.8) is 0 Å². The Labute approximate surface area is 78.2 Å². The molecule has 0 fully saturated rings. The van der Waals surface area contributed by atoms with Crippen LogP contribution in [0.5, 0.6) is 0 Å². The highest BCUT2D eigenvalue weighted by atomic mass is 32.2. The number of rotatable bonds is 2. The van der Waals surface area contributed by atoms with Crippen LogP contribution in [0.4, 0.5) is 12.9 Å². The van der Waals surface area contributed by atoms with Crippen molar-refractivity contribution in [1.82, 2.24) is 9.97 Å². The Morgan fingerprint density at radius 3 is 1.93 bits per heavy atom. The minimum absolute atomic E-state index is 0.462. The summed E-state index contributed by atoms with van der Waals surface area (Å²) < 4.78 is 57.7. The smallest absolute Gasteiger partial charge is 0.445 e. The molecule has 1 rings (SSSR count). The van der Waals surface area contributed by atoms with E-state index in [9.17, 15) is 21.4 Å². The molecule has 0 unspecified atom stereocenters. The summed E-state index contributed by atoms with van der Waals surface area (Å²) in [4.78, 5) is 6.23. The van der Waals surface area contributed by atoms with Crippen LogP contribution in [0.3, 0.4) is 0 Å². The van der Waals surface area contributed by atoms with E-state index in [1.54, 1.807) is 0 Å². The van der Waals surface area contributed by atoms with Gasteiger partial charge in [-0.2, -0.15) is 0 Å². The van der Waals surface area contributed by atoms with Crippen molar-refractivity contribution in [3.8, 4) is 0 Å². The topological polar surface area (TPSA) is 59.9 Å². The molecule has 0 aliphatic heterocycles. The standard InChI is InChI=1S/C5H5BF3N2O2S/c1-14(12,13)5-10-2-4(3-11-5)6(7,8)9/h2-3H,1H3/q-1. The summed E-state index contributed by atoms with van der Waals surface area (Å²) in [6.45, 7) is -5.18. The largest absolute Gasteiger partial charge is 0.512 e. The van der Waals surface area contributed by atoms with E-state index in [0.717, 1.165) is 6.26 Å². The maximum Gasteiger partial charge on any atom is 0.512 e. The van der Waals surface area contributed by atoms with Gasteiger partial charge in [-0.1, -0.05) is 5.46 Å². The van der Waals surface area contributed by atoms with E-state index in [1.165, 1.54) is 0 Å². The van der Waals surface area contributed by atoms with E-state index in [0.29, 0.717) is 12.4 Å². The van der Waals surface area contributed by atoms with Crippen molar-refractivity contribution >= 4 is 22.3 Å². The summed E-state index contributed by atoms with van der Waals surface area (Å²) in [7, 11) is -3.65. The third kappa shape index (κ3) is 2.44. The molecule has 0 aliphatic rings. The highest BCUT2D eigenvalue weighted by Crippen LogP contribution is 2.07. The molecular weight excluding hydrogens is 220 g/mol. The van der Waals surface area contributed by atoms with E-state index in [4.69, 9.17) is 0 Å². The Balaban J connectivity index is 3.14. The van der Waals surface area contributed by atoms with Crippen LogP contribution in [0.2, 0.25) is 0 Å². The molecule has 0 aliphatic carbocycles. The van der Waals surface area contributed by atoms with Gasteiger partial charge >= 0.3 is 6.98 Å². The van der Waals surface area contributed by atoms with Crippen LogP contribution in [0.25, 0.3) is 0 Å². The summed E-state index contributed by atoms with van der Waals surface area (Å²) in [5.74, 6) is 0. The van der Waals surface area contributed by atoms with Gasteiger partial charge in [0.2, 0.25) is 15.0 Å². The summed E-state index contributed by atoms with van der Waals surface area (Å²) in [6.07, 6.45) is 1.74. The molecular formula is C5H5BF3N2O2S-. The summed E-state index contributed by atoms with van der Waals surface area (Å²) >= 11 is 0. The molecule has 0 saturated heterocycles. The third-order valence-corrected chi connectivity index (χ3v) is 2.23. The molecule has 0 atom stereocenters. The lowest BCUT2D eigenvalue weighted by atomic mass is 9.83. The first-order valence-electron chi connectivity index (χ1n) is 3.43. The molecule has 0 bridgehead atoms. The molecule has 1 aromatic rings. The van der Waals surface area contributed by atoms with Crippen LogP contribution in [0.1, 0.15) is 0 Å². The van der Waals surface area contributed by atoms with Crippen LogP contribution in [-0.2, 0) is 9.84 Å². The molecule has 0 aromatic carbocycles. The van der Waals surface area contributed by atoms with Crippen LogP contribution < -0.4 is 5.46 Å². The molecule has 9 heteroatoms. The Bertz CT molecular complexity index is 427. The Hall–Kier alpha value is -1.12. The van der Waals surface area contributed by atoms with Gasteiger partial charge in [0.05, 0.1) is 0 Å². The fourth-order valence-electron chi connectivity index (χ4n) is 0.687. The minimum atomic E-state index is -5.18. The zero-order chi connectivity index (χ0) is 11.0. The van der Waals surface area contributed by atoms with Crippen molar-refractivity contribution in [2.45, 2.75) is 5.16 Å². The fourth-order valence-corrected chi connectivity index (χ4v) is 1.18.